The molecule has 0 atom stereocenters. The van der Waals surface area contributed by atoms with Gasteiger partial charge in [-0.05, 0) is 67.6 Å². The summed E-state index contributed by atoms with van der Waals surface area (Å²) in [5.74, 6) is -0.726. The van der Waals surface area contributed by atoms with E-state index >= 15 is 0 Å². The number of pyridine rings is 2. The number of fused-ring (bicyclic) bond motifs is 1. The standard InChI is InChI=1S/C25H20FN3O4/c1-15-3-12-20-24(32)21(23(31)16-4-10-19(33-2)11-5-16)13-29(25(20)27-15)14-22(30)28-18-8-6-17(26)7-9-18/h3-13H,14H2,1-2H3,(H,28,30). The van der Waals surface area contributed by atoms with E-state index in [1.165, 1.54) is 42.1 Å². The van der Waals surface area contributed by atoms with Gasteiger partial charge in [0.15, 0.2) is 5.78 Å². The van der Waals surface area contributed by atoms with Crippen LogP contribution in [0.2, 0.25) is 0 Å². The summed E-state index contributed by atoms with van der Waals surface area (Å²) in [4.78, 5) is 43.3. The number of ether oxygens (including phenoxy) is 1. The van der Waals surface area contributed by atoms with Crippen LogP contribution in [-0.4, -0.2) is 28.4 Å². The van der Waals surface area contributed by atoms with Crippen LogP contribution in [0, 0.1) is 12.7 Å². The van der Waals surface area contributed by atoms with Gasteiger partial charge in [0.05, 0.1) is 18.1 Å². The summed E-state index contributed by atoms with van der Waals surface area (Å²) in [5, 5.41) is 2.90. The summed E-state index contributed by atoms with van der Waals surface area (Å²) in [6.45, 7) is 1.57. The van der Waals surface area contributed by atoms with E-state index in [1.807, 2.05) is 0 Å². The number of rotatable bonds is 6. The van der Waals surface area contributed by atoms with Crippen LogP contribution in [0.3, 0.4) is 0 Å². The Morgan fingerprint density at radius 1 is 1.03 bits per heavy atom. The first-order chi connectivity index (χ1) is 15.9. The molecule has 2 heterocycles. The van der Waals surface area contributed by atoms with Gasteiger partial charge >= 0.3 is 0 Å². The molecule has 0 radical (unpaired) electrons. The molecule has 0 saturated carbocycles. The van der Waals surface area contributed by atoms with Crippen LogP contribution in [0.1, 0.15) is 21.6 Å². The number of aromatic nitrogens is 2. The van der Waals surface area contributed by atoms with E-state index in [0.717, 1.165) is 0 Å². The van der Waals surface area contributed by atoms with Crippen molar-refractivity contribution in [2.24, 2.45) is 0 Å². The van der Waals surface area contributed by atoms with E-state index in [9.17, 15) is 18.8 Å². The molecule has 1 amide bonds. The highest BCUT2D eigenvalue weighted by Crippen LogP contribution is 2.17. The zero-order valence-electron chi connectivity index (χ0n) is 18.0. The average molecular weight is 445 g/mol. The molecule has 8 heteroatoms. The van der Waals surface area contributed by atoms with Gasteiger partial charge in [0.1, 0.15) is 23.8 Å². The molecule has 1 N–H and O–H groups in total. The zero-order valence-corrected chi connectivity index (χ0v) is 18.0. The maximum atomic E-state index is 13.1. The van der Waals surface area contributed by atoms with E-state index in [0.29, 0.717) is 28.3 Å². The first kappa shape index (κ1) is 21.9. The molecule has 33 heavy (non-hydrogen) atoms. The van der Waals surface area contributed by atoms with E-state index in [2.05, 4.69) is 10.3 Å². The Balaban J connectivity index is 1.74. The van der Waals surface area contributed by atoms with Crippen molar-refractivity contribution in [2.45, 2.75) is 13.5 Å². The fourth-order valence-electron chi connectivity index (χ4n) is 3.43. The maximum absolute atomic E-state index is 13.1. The number of carbonyl (C=O) groups excluding carboxylic acids is 2. The second kappa shape index (κ2) is 9.04. The number of nitrogens with zero attached hydrogens (tertiary/aromatic N) is 2. The quantitative estimate of drug-likeness (QED) is 0.457. The predicted octanol–water partition coefficient (Wildman–Crippen LogP) is 3.72. The Morgan fingerprint density at radius 3 is 2.39 bits per heavy atom. The molecule has 0 bridgehead atoms. The third-order valence-electron chi connectivity index (χ3n) is 5.10. The lowest BCUT2D eigenvalue weighted by atomic mass is 10.0. The maximum Gasteiger partial charge on any atom is 0.244 e. The number of methoxy groups -OCH3 is 1. The highest BCUT2D eigenvalue weighted by Gasteiger charge is 2.19. The van der Waals surface area contributed by atoms with Crippen molar-refractivity contribution in [2.75, 3.05) is 12.4 Å². The van der Waals surface area contributed by atoms with Crippen LogP contribution in [0.4, 0.5) is 10.1 Å². The molecule has 0 spiro atoms. The number of anilines is 1. The summed E-state index contributed by atoms with van der Waals surface area (Å²) in [7, 11) is 1.52. The largest absolute Gasteiger partial charge is 0.497 e. The predicted molar refractivity (Wildman–Crippen MR) is 122 cm³/mol. The number of aryl methyl sites for hydroxylation is 1. The van der Waals surface area contributed by atoms with Gasteiger partial charge in [0.25, 0.3) is 0 Å². The van der Waals surface area contributed by atoms with Crippen molar-refractivity contribution >= 4 is 28.4 Å². The first-order valence-electron chi connectivity index (χ1n) is 10.1. The molecular weight excluding hydrogens is 425 g/mol. The van der Waals surface area contributed by atoms with Crippen LogP contribution in [0.15, 0.2) is 71.7 Å². The highest BCUT2D eigenvalue weighted by molar-refractivity contribution is 6.10. The lowest BCUT2D eigenvalue weighted by molar-refractivity contribution is -0.116. The fourth-order valence-corrected chi connectivity index (χ4v) is 3.43. The Hall–Kier alpha value is -4.33. The fraction of sp³-hybridized carbons (Fsp3) is 0.120. The van der Waals surface area contributed by atoms with Crippen LogP contribution in [-0.2, 0) is 11.3 Å². The normalized spacial score (nSPS) is 10.8. The van der Waals surface area contributed by atoms with Crippen molar-refractivity contribution in [3.8, 4) is 5.75 Å². The Morgan fingerprint density at radius 2 is 1.73 bits per heavy atom. The van der Waals surface area contributed by atoms with Crippen LogP contribution in [0.5, 0.6) is 5.75 Å². The molecule has 166 valence electrons. The van der Waals surface area contributed by atoms with E-state index in [1.54, 1.807) is 43.3 Å². The van der Waals surface area contributed by atoms with Gasteiger partial charge in [-0.15, -0.1) is 0 Å². The molecule has 7 nitrogen and oxygen atoms in total. The van der Waals surface area contributed by atoms with E-state index < -0.39 is 22.9 Å². The van der Waals surface area contributed by atoms with Crippen LogP contribution >= 0.6 is 0 Å². The molecule has 4 aromatic rings. The number of carbonyl (C=O) groups is 2. The number of halogens is 1. The third kappa shape index (κ3) is 4.64. The first-order valence-corrected chi connectivity index (χ1v) is 10.1. The molecule has 0 fully saturated rings. The Labute approximate surface area is 188 Å². The minimum absolute atomic E-state index is 0.0760. The molecule has 0 aliphatic carbocycles. The third-order valence-corrected chi connectivity index (χ3v) is 5.10. The zero-order chi connectivity index (χ0) is 23.5. The highest BCUT2D eigenvalue weighted by atomic mass is 19.1. The van der Waals surface area contributed by atoms with Crippen molar-refractivity contribution in [1.29, 1.82) is 0 Å². The molecular formula is C25H20FN3O4. The number of amides is 1. The summed E-state index contributed by atoms with van der Waals surface area (Å²) in [6, 6.07) is 15.0. The van der Waals surface area contributed by atoms with Gasteiger partial charge in [-0.1, -0.05) is 0 Å². The van der Waals surface area contributed by atoms with Gasteiger partial charge < -0.3 is 14.6 Å². The van der Waals surface area contributed by atoms with Gasteiger partial charge in [0, 0.05) is 23.1 Å². The van der Waals surface area contributed by atoms with Crippen LogP contribution < -0.4 is 15.5 Å². The second-order valence-electron chi connectivity index (χ2n) is 7.44. The molecule has 2 aromatic carbocycles. The molecule has 4 rings (SSSR count). The molecule has 0 unspecified atom stereocenters. The molecule has 0 saturated heterocycles. The average Bonchev–Trinajstić information content (AvgIpc) is 2.82. The Kier molecular flexibility index (Phi) is 5.99. The van der Waals surface area contributed by atoms with Gasteiger partial charge in [-0.3, -0.25) is 14.4 Å². The van der Waals surface area contributed by atoms with E-state index in [-0.39, 0.29) is 17.5 Å². The number of benzene rings is 2. The number of nitrogens with one attached hydrogen (secondary N) is 1. The molecule has 0 aliphatic rings. The summed E-state index contributed by atoms with van der Waals surface area (Å²) < 4.78 is 19.7. The smallest absolute Gasteiger partial charge is 0.244 e. The monoisotopic (exact) mass is 445 g/mol. The van der Waals surface area contributed by atoms with Crippen molar-refractivity contribution < 1.29 is 18.7 Å². The number of hydrogen-bond acceptors (Lipinski definition) is 5. The molecule has 2 aromatic heterocycles. The van der Waals surface area contributed by atoms with Crippen LogP contribution in [0.25, 0.3) is 11.0 Å². The molecule has 0 aliphatic heterocycles. The Bertz CT molecular complexity index is 1410. The number of ketones is 1. The van der Waals surface area contributed by atoms with E-state index in [4.69, 9.17) is 4.74 Å². The number of hydrogen-bond donors (Lipinski definition) is 1. The second-order valence-corrected chi connectivity index (χ2v) is 7.44. The van der Waals surface area contributed by atoms with Gasteiger partial charge in [-0.25, -0.2) is 9.37 Å². The lowest BCUT2D eigenvalue weighted by Gasteiger charge is -2.13. The summed E-state index contributed by atoms with van der Waals surface area (Å²) in [6.07, 6.45) is 1.36. The van der Waals surface area contributed by atoms with Gasteiger partial charge in [-0.2, -0.15) is 0 Å². The lowest BCUT2D eigenvalue weighted by Crippen LogP contribution is -2.25. The summed E-state index contributed by atoms with van der Waals surface area (Å²) in [5.41, 5.74) is 1.14. The van der Waals surface area contributed by atoms with Crippen molar-refractivity contribution in [3.63, 3.8) is 0 Å². The van der Waals surface area contributed by atoms with Gasteiger partial charge in [0.2, 0.25) is 11.3 Å². The van der Waals surface area contributed by atoms with Crippen molar-refractivity contribution in [1.82, 2.24) is 9.55 Å². The minimum Gasteiger partial charge on any atom is -0.497 e. The summed E-state index contributed by atoms with van der Waals surface area (Å²) >= 11 is 0. The topological polar surface area (TPSA) is 90.3 Å². The SMILES string of the molecule is COc1ccc(C(=O)c2cn(CC(=O)Nc3ccc(F)cc3)c3nc(C)ccc3c2=O)cc1. The van der Waals surface area contributed by atoms with Crippen molar-refractivity contribution in [3.05, 3.63) is 99.7 Å². The minimum atomic E-state index is -0.474.